The van der Waals surface area contributed by atoms with Crippen LogP contribution in [0.5, 0.6) is 11.5 Å². The van der Waals surface area contributed by atoms with Gasteiger partial charge in [-0.3, -0.25) is 4.79 Å². The normalized spacial score (nSPS) is 21.6. The van der Waals surface area contributed by atoms with E-state index < -0.39 is 15.5 Å². The van der Waals surface area contributed by atoms with Crippen LogP contribution >= 0.6 is 0 Å². The number of carbonyl (C=O) groups excluding carboxylic acids is 1. The molecule has 1 atom stereocenters. The summed E-state index contributed by atoms with van der Waals surface area (Å²) in [4.78, 5) is 13.1. The van der Waals surface area contributed by atoms with Crippen molar-refractivity contribution in [3.63, 3.8) is 0 Å². The van der Waals surface area contributed by atoms with Crippen molar-refractivity contribution in [2.45, 2.75) is 18.2 Å². The highest BCUT2D eigenvalue weighted by atomic mass is 32.3. The van der Waals surface area contributed by atoms with E-state index in [0.717, 1.165) is 0 Å². The smallest absolute Gasteiger partial charge is 0.307 e. The van der Waals surface area contributed by atoms with Gasteiger partial charge in [0.15, 0.2) is 11.5 Å². The van der Waals surface area contributed by atoms with Crippen LogP contribution in [0, 0.1) is 0 Å². The fourth-order valence-electron chi connectivity index (χ4n) is 2.40. The van der Waals surface area contributed by atoms with Crippen LogP contribution in [0.4, 0.5) is 3.89 Å². The quantitative estimate of drug-likeness (QED) is 0.773. The van der Waals surface area contributed by atoms with Gasteiger partial charge in [-0.1, -0.05) is 12.1 Å². The molecule has 2 aliphatic rings. The Morgan fingerprint density at radius 2 is 2.15 bits per heavy atom. The first-order valence-electron chi connectivity index (χ1n) is 6.04. The zero-order chi connectivity index (χ0) is 14.3. The van der Waals surface area contributed by atoms with E-state index in [4.69, 9.17) is 9.47 Å². The Morgan fingerprint density at radius 1 is 1.35 bits per heavy atom. The van der Waals surface area contributed by atoms with Gasteiger partial charge < -0.3 is 14.4 Å². The number of carbonyl (C=O) groups is 1. The molecule has 0 radical (unpaired) electrons. The lowest BCUT2D eigenvalue weighted by molar-refractivity contribution is -0.128. The highest BCUT2D eigenvalue weighted by Crippen LogP contribution is 2.36. The third-order valence-electron chi connectivity index (χ3n) is 3.42. The molecule has 0 aromatic heterocycles. The summed E-state index contributed by atoms with van der Waals surface area (Å²) in [6.45, 7) is 0.154. The maximum atomic E-state index is 12.9. The van der Waals surface area contributed by atoms with E-state index in [9.17, 15) is 17.1 Å². The monoisotopic (exact) mass is 301 g/mol. The fraction of sp³-hybridized carbons (Fsp3) is 0.417. The van der Waals surface area contributed by atoms with Gasteiger partial charge in [0.05, 0.1) is 0 Å². The molecule has 1 aromatic rings. The first kappa shape index (κ1) is 13.2. The van der Waals surface area contributed by atoms with Gasteiger partial charge in [-0.15, -0.1) is 3.89 Å². The first-order chi connectivity index (χ1) is 9.45. The molecule has 1 saturated heterocycles. The molecule has 8 heteroatoms. The molecule has 1 unspecified atom stereocenters. The number of para-hydroxylation sites is 1. The minimum absolute atomic E-state index is 0.113. The Balaban J connectivity index is 1.79. The predicted octanol–water partition coefficient (Wildman–Crippen LogP) is 0.815. The van der Waals surface area contributed by atoms with Crippen molar-refractivity contribution in [1.82, 2.24) is 4.90 Å². The predicted molar refractivity (Wildman–Crippen MR) is 66.4 cm³/mol. The number of ether oxygens (including phenoxy) is 2. The summed E-state index contributed by atoms with van der Waals surface area (Å²) >= 11 is 0. The molecule has 1 amide bonds. The highest BCUT2D eigenvalue weighted by Gasteiger charge is 2.38. The largest absolute Gasteiger partial charge is 0.454 e. The van der Waals surface area contributed by atoms with Crippen molar-refractivity contribution in [1.29, 1.82) is 0 Å². The zero-order valence-electron chi connectivity index (χ0n) is 10.4. The van der Waals surface area contributed by atoms with Gasteiger partial charge in [0.25, 0.3) is 0 Å². The van der Waals surface area contributed by atoms with Crippen molar-refractivity contribution in [2.24, 2.45) is 0 Å². The number of nitrogens with zero attached hydrogens (tertiary/aromatic N) is 1. The van der Waals surface area contributed by atoms with Crippen molar-refractivity contribution in [3.05, 3.63) is 23.8 Å². The molecule has 0 bridgehead atoms. The highest BCUT2D eigenvalue weighted by molar-refractivity contribution is 7.87. The van der Waals surface area contributed by atoms with Crippen molar-refractivity contribution < 1.29 is 26.6 Å². The summed E-state index contributed by atoms with van der Waals surface area (Å²) in [6, 6.07) is 5.26. The Bertz CT molecular complexity index is 660. The molecule has 1 fully saturated rings. The molecule has 0 N–H and O–H groups in total. The second-order valence-corrected chi connectivity index (χ2v) is 6.34. The summed E-state index contributed by atoms with van der Waals surface area (Å²) < 4.78 is 45.2. The molecule has 0 spiro atoms. The standard InChI is InChI=1S/C12H12FNO5S/c13-20(16,17)9-4-11(15)14(6-9)5-8-2-1-3-10-12(8)19-7-18-10/h1-3,9H,4-7H2. The second kappa shape index (κ2) is 4.62. The van der Waals surface area contributed by atoms with Gasteiger partial charge >= 0.3 is 10.2 Å². The van der Waals surface area contributed by atoms with Gasteiger partial charge in [-0.05, 0) is 6.07 Å². The van der Waals surface area contributed by atoms with Crippen molar-refractivity contribution in [2.75, 3.05) is 13.3 Å². The van der Waals surface area contributed by atoms with E-state index in [2.05, 4.69) is 0 Å². The van der Waals surface area contributed by atoms with Gasteiger partial charge in [-0.2, -0.15) is 8.42 Å². The van der Waals surface area contributed by atoms with Gasteiger partial charge in [0.2, 0.25) is 12.7 Å². The lowest BCUT2D eigenvalue weighted by atomic mass is 10.2. The minimum Gasteiger partial charge on any atom is -0.454 e. The number of hydrogen-bond donors (Lipinski definition) is 0. The molecule has 2 heterocycles. The summed E-state index contributed by atoms with van der Waals surface area (Å²) in [6.07, 6.45) is -0.314. The van der Waals surface area contributed by atoms with Gasteiger partial charge in [0, 0.05) is 25.1 Å². The Kier molecular flexibility index (Phi) is 3.04. The van der Waals surface area contributed by atoms with Crippen LogP contribution in [0.2, 0.25) is 0 Å². The average molecular weight is 301 g/mol. The van der Waals surface area contributed by atoms with Crippen LogP contribution in [0.1, 0.15) is 12.0 Å². The maximum absolute atomic E-state index is 12.9. The van der Waals surface area contributed by atoms with E-state index in [1.54, 1.807) is 18.2 Å². The summed E-state index contributed by atoms with van der Waals surface area (Å²) in [5.41, 5.74) is 0.713. The van der Waals surface area contributed by atoms with Crippen LogP contribution in [0.25, 0.3) is 0 Å². The number of fused-ring (bicyclic) bond motifs is 1. The summed E-state index contributed by atoms with van der Waals surface area (Å²) in [5, 5.41) is -1.27. The van der Waals surface area contributed by atoms with Gasteiger partial charge in [-0.25, -0.2) is 0 Å². The van der Waals surface area contributed by atoms with E-state index >= 15 is 0 Å². The number of hydrogen-bond acceptors (Lipinski definition) is 5. The lowest BCUT2D eigenvalue weighted by Gasteiger charge is -2.17. The summed E-state index contributed by atoms with van der Waals surface area (Å²) in [5.74, 6) is 0.753. The second-order valence-electron chi connectivity index (χ2n) is 4.73. The van der Waals surface area contributed by atoms with Crippen molar-refractivity contribution >= 4 is 16.1 Å². The number of likely N-dealkylation sites (tertiary alicyclic amines) is 1. The molecule has 2 aliphatic heterocycles. The van der Waals surface area contributed by atoms with Crippen LogP contribution in [-0.4, -0.2) is 37.8 Å². The summed E-state index contributed by atoms with van der Waals surface area (Å²) in [7, 11) is -4.69. The fourth-order valence-corrected chi connectivity index (χ4v) is 3.10. The molecule has 108 valence electrons. The zero-order valence-corrected chi connectivity index (χ0v) is 11.2. The molecule has 0 aliphatic carbocycles. The molecule has 0 saturated carbocycles. The van der Waals surface area contributed by atoms with Crippen molar-refractivity contribution in [3.8, 4) is 11.5 Å². The molecular weight excluding hydrogens is 289 g/mol. The Labute approximate surface area is 115 Å². The van der Waals surface area contributed by atoms with Crippen LogP contribution in [-0.2, 0) is 21.6 Å². The molecule has 1 aromatic carbocycles. The topological polar surface area (TPSA) is 72.9 Å². The van der Waals surface area contributed by atoms with Crippen LogP contribution in [0.15, 0.2) is 18.2 Å². The van der Waals surface area contributed by atoms with Crippen LogP contribution < -0.4 is 9.47 Å². The number of amides is 1. The molecule has 20 heavy (non-hydrogen) atoms. The van der Waals surface area contributed by atoms with Crippen LogP contribution in [0.3, 0.4) is 0 Å². The van der Waals surface area contributed by atoms with E-state index in [0.29, 0.717) is 17.1 Å². The Morgan fingerprint density at radius 3 is 2.85 bits per heavy atom. The average Bonchev–Trinajstić information content (AvgIpc) is 2.96. The maximum Gasteiger partial charge on any atom is 0.307 e. The Hall–Kier alpha value is -1.83. The lowest BCUT2D eigenvalue weighted by Crippen LogP contribution is -2.26. The SMILES string of the molecule is O=C1CC(S(=O)(=O)F)CN1Cc1cccc2c1OCO2. The van der Waals surface area contributed by atoms with E-state index in [1.165, 1.54) is 4.90 Å². The molecule has 6 nitrogen and oxygen atoms in total. The third kappa shape index (κ3) is 2.31. The first-order valence-corrected chi connectivity index (χ1v) is 7.48. The number of halogens is 1. The third-order valence-corrected chi connectivity index (χ3v) is 4.53. The molecule has 3 rings (SSSR count). The van der Waals surface area contributed by atoms with Gasteiger partial charge in [0.1, 0.15) is 5.25 Å². The number of benzene rings is 1. The molecular formula is C12H12FNO5S. The minimum atomic E-state index is -4.69. The number of rotatable bonds is 3. The van der Waals surface area contributed by atoms with E-state index in [1.807, 2.05) is 0 Å². The van der Waals surface area contributed by atoms with E-state index in [-0.39, 0.29) is 32.2 Å².